The highest BCUT2D eigenvalue weighted by Gasteiger charge is 2.11. The fraction of sp³-hybridized carbons (Fsp3) is 0.750. The van der Waals surface area contributed by atoms with Crippen LogP contribution in [0, 0.1) is 0 Å². The van der Waals surface area contributed by atoms with Gasteiger partial charge in [0.05, 0.1) is 5.54 Å². The van der Waals surface area contributed by atoms with Gasteiger partial charge in [-0.25, -0.2) is 5.43 Å². The monoisotopic (exact) mass is 102 g/mol. The third kappa shape index (κ3) is 2.31. The maximum absolute atomic E-state index is 9.92. The molecule has 0 fully saturated rings. The van der Waals surface area contributed by atoms with Crippen LogP contribution in [-0.2, 0) is 4.79 Å². The molecule has 0 aromatic rings. The molecule has 0 amide bonds. The van der Waals surface area contributed by atoms with Crippen LogP contribution in [0.3, 0.4) is 0 Å². The zero-order valence-corrected chi connectivity index (χ0v) is 4.56. The van der Waals surface area contributed by atoms with Gasteiger partial charge in [0.25, 0.3) is 0 Å². The lowest BCUT2D eigenvalue weighted by Gasteiger charge is -2.12. The second kappa shape index (κ2) is 2.04. The van der Waals surface area contributed by atoms with Crippen molar-refractivity contribution in [1.82, 2.24) is 5.43 Å². The van der Waals surface area contributed by atoms with Crippen LogP contribution >= 0.6 is 0 Å². The van der Waals surface area contributed by atoms with Crippen LogP contribution in [0.25, 0.3) is 0 Å². The first-order chi connectivity index (χ1) is 3.12. The topological polar surface area (TPSA) is 55.1 Å². The van der Waals surface area contributed by atoms with Crippen LogP contribution in [0.2, 0.25) is 0 Å². The van der Waals surface area contributed by atoms with E-state index in [1.807, 2.05) is 0 Å². The molecule has 7 heavy (non-hydrogen) atoms. The first-order valence-corrected chi connectivity index (χ1v) is 2.06. The van der Waals surface area contributed by atoms with Crippen LogP contribution in [0.15, 0.2) is 0 Å². The predicted octanol–water partition coefficient (Wildman–Crippen LogP) is -0.573. The number of nitrogens with one attached hydrogen (secondary N) is 1. The number of rotatable bonds is 2. The second-order valence-corrected chi connectivity index (χ2v) is 1.98. The van der Waals surface area contributed by atoms with E-state index < -0.39 is 5.54 Å². The van der Waals surface area contributed by atoms with Gasteiger partial charge in [0.15, 0.2) is 0 Å². The summed E-state index contributed by atoms with van der Waals surface area (Å²) in [4.78, 5) is 9.92. The Kier molecular flexibility index (Phi) is 1.92. The number of aldehydes is 1. The van der Waals surface area contributed by atoms with E-state index in [-0.39, 0.29) is 0 Å². The molecule has 3 nitrogen and oxygen atoms in total. The van der Waals surface area contributed by atoms with Crippen molar-refractivity contribution in [2.45, 2.75) is 19.4 Å². The minimum atomic E-state index is -0.569. The first-order valence-electron chi connectivity index (χ1n) is 2.06. The van der Waals surface area contributed by atoms with Gasteiger partial charge in [-0.2, -0.15) is 0 Å². The molecule has 0 aromatic heterocycles. The Morgan fingerprint density at radius 3 is 2.14 bits per heavy atom. The average molecular weight is 102 g/mol. The van der Waals surface area contributed by atoms with E-state index in [0.717, 1.165) is 6.29 Å². The molecule has 0 aliphatic rings. The van der Waals surface area contributed by atoms with Crippen molar-refractivity contribution in [3.8, 4) is 0 Å². The molecule has 0 rings (SSSR count). The maximum atomic E-state index is 9.92. The summed E-state index contributed by atoms with van der Waals surface area (Å²) in [6.45, 7) is 3.39. The van der Waals surface area contributed by atoms with E-state index in [1.54, 1.807) is 13.8 Å². The van der Waals surface area contributed by atoms with Crippen molar-refractivity contribution >= 4 is 6.29 Å². The van der Waals surface area contributed by atoms with Gasteiger partial charge < -0.3 is 4.79 Å². The lowest BCUT2D eigenvalue weighted by Crippen LogP contribution is -2.45. The molecule has 3 heteroatoms. The van der Waals surface area contributed by atoms with Crippen LogP contribution in [-0.4, -0.2) is 11.8 Å². The van der Waals surface area contributed by atoms with Crippen molar-refractivity contribution in [2.24, 2.45) is 5.84 Å². The third-order valence-corrected chi connectivity index (χ3v) is 0.667. The summed E-state index contributed by atoms with van der Waals surface area (Å²) in [7, 11) is 0. The zero-order valence-electron chi connectivity index (χ0n) is 4.56. The number of hydrogen-bond acceptors (Lipinski definition) is 3. The summed E-state index contributed by atoms with van der Waals surface area (Å²) in [6, 6.07) is 0. The molecule has 0 atom stereocenters. The van der Waals surface area contributed by atoms with Crippen molar-refractivity contribution < 1.29 is 4.79 Å². The number of carbonyl (C=O) groups excluding carboxylic acids is 1. The van der Waals surface area contributed by atoms with Gasteiger partial charge in [0.2, 0.25) is 0 Å². The normalized spacial score (nSPS) is 11.3. The molecule has 42 valence electrons. The van der Waals surface area contributed by atoms with Crippen LogP contribution in [0.5, 0.6) is 0 Å². The van der Waals surface area contributed by atoms with E-state index >= 15 is 0 Å². The zero-order chi connectivity index (χ0) is 5.91. The van der Waals surface area contributed by atoms with Crippen LogP contribution in [0.4, 0.5) is 0 Å². The predicted molar refractivity (Wildman–Crippen MR) is 27.5 cm³/mol. The Morgan fingerprint density at radius 2 is 2.14 bits per heavy atom. The number of carbonyl (C=O) groups is 1. The summed E-state index contributed by atoms with van der Waals surface area (Å²) >= 11 is 0. The van der Waals surface area contributed by atoms with Gasteiger partial charge in [-0.3, -0.25) is 5.84 Å². The second-order valence-electron chi connectivity index (χ2n) is 1.98. The highest BCUT2D eigenvalue weighted by Crippen LogP contribution is 1.90. The van der Waals surface area contributed by atoms with Gasteiger partial charge >= 0.3 is 0 Å². The average Bonchev–Trinajstić information content (AvgIpc) is 1.68. The minimum Gasteiger partial charge on any atom is -0.301 e. The number of hydrogen-bond donors (Lipinski definition) is 2. The van der Waals surface area contributed by atoms with Crippen LogP contribution in [0.1, 0.15) is 13.8 Å². The Morgan fingerprint density at radius 1 is 1.71 bits per heavy atom. The van der Waals surface area contributed by atoms with Crippen molar-refractivity contribution in [2.75, 3.05) is 0 Å². The minimum absolute atomic E-state index is 0.569. The molecule has 0 radical (unpaired) electrons. The molecular formula is C4H10N2O. The highest BCUT2D eigenvalue weighted by atomic mass is 16.1. The quantitative estimate of drug-likeness (QED) is 0.279. The molecule has 0 saturated heterocycles. The molecule has 0 unspecified atom stereocenters. The van der Waals surface area contributed by atoms with E-state index in [9.17, 15) is 4.79 Å². The lowest BCUT2D eigenvalue weighted by molar-refractivity contribution is -0.112. The molecule has 0 aromatic carbocycles. The molecule has 0 heterocycles. The summed E-state index contributed by atoms with van der Waals surface area (Å²) in [5.41, 5.74) is 1.75. The van der Waals surface area contributed by atoms with Crippen molar-refractivity contribution in [1.29, 1.82) is 0 Å². The summed E-state index contributed by atoms with van der Waals surface area (Å²) < 4.78 is 0. The molecule has 0 aliphatic heterocycles. The Balaban J connectivity index is 3.58. The van der Waals surface area contributed by atoms with Gasteiger partial charge in [0.1, 0.15) is 6.29 Å². The molecular weight excluding hydrogens is 92.1 g/mol. The molecule has 3 N–H and O–H groups in total. The first kappa shape index (κ1) is 6.59. The summed E-state index contributed by atoms with van der Waals surface area (Å²) in [5, 5.41) is 0. The summed E-state index contributed by atoms with van der Waals surface area (Å²) in [6.07, 6.45) is 0.757. The summed E-state index contributed by atoms with van der Waals surface area (Å²) in [5.74, 6) is 4.94. The Labute approximate surface area is 42.9 Å². The molecule has 0 spiro atoms. The maximum Gasteiger partial charge on any atom is 0.140 e. The van der Waals surface area contributed by atoms with E-state index in [1.165, 1.54) is 0 Å². The van der Waals surface area contributed by atoms with Gasteiger partial charge in [-0.05, 0) is 13.8 Å². The van der Waals surface area contributed by atoms with Gasteiger partial charge in [-0.1, -0.05) is 0 Å². The van der Waals surface area contributed by atoms with Crippen molar-refractivity contribution in [3.05, 3.63) is 0 Å². The highest BCUT2D eigenvalue weighted by molar-refractivity contribution is 5.62. The lowest BCUT2D eigenvalue weighted by atomic mass is 10.1. The van der Waals surface area contributed by atoms with E-state index in [2.05, 4.69) is 5.43 Å². The molecule has 0 bridgehead atoms. The largest absolute Gasteiger partial charge is 0.301 e. The fourth-order valence-corrected chi connectivity index (χ4v) is 0.0340. The van der Waals surface area contributed by atoms with Crippen molar-refractivity contribution in [3.63, 3.8) is 0 Å². The third-order valence-electron chi connectivity index (χ3n) is 0.667. The van der Waals surface area contributed by atoms with Crippen LogP contribution < -0.4 is 11.3 Å². The molecule has 0 saturated carbocycles. The van der Waals surface area contributed by atoms with Gasteiger partial charge in [0, 0.05) is 0 Å². The Hall–Kier alpha value is -0.410. The number of hydrazine groups is 1. The Bertz CT molecular complexity index is 70.1. The van der Waals surface area contributed by atoms with Gasteiger partial charge in [-0.15, -0.1) is 0 Å². The van der Waals surface area contributed by atoms with E-state index in [4.69, 9.17) is 5.84 Å². The fourth-order valence-electron chi connectivity index (χ4n) is 0.0340. The van der Waals surface area contributed by atoms with E-state index in [0.29, 0.717) is 0 Å². The SMILES string of the molecule is CC(C)(C=O)NN. The smallest absolute Gasteiger partial charge is 0.140 e. The molecule has 0 aliphatic carbocycles. The number of nitrogens with two attached hydrogens (primary N) is 1. The standard InChI is InChI=1S/C4H10N2O/c1-4(2,3-7)6-5/h3,6H,5H2,1-2H3.